The number of nitrogens with one attached hydrogen (secondary N) is 1. The monoisotopic (exact) mass is 278 g/mol. The third-order valence-corrected chi connectivity index (χ3v) is 4.75. The number of aryl methyl sites for hydroxylation is 2. The van der Waals surface area contributed by atoms with Crippen LogP contribution in [-0.4, -0.2) is 17.4 Å². The first-order valence-corrected chi connectivity index (χ1v) is 7.96. The Balaban J connectivity index is 1.96. The van der Waals surface area contributed by atoms with Gasteiger partial charge in [0.15, 0.2) is 0 Å². The van der Waals surface area contributed by atoms with Gasteiger partial charge in [0, 0.05) is 17.8 Å². The van der Waals surface area contributed by atoms with Gasteiger partial charge in [-0.3, -0.25) is 4.79 Å². The van der Waals surface area contributed by atoms with Gasteiger partial charge < -0.3 is 11.1 Å². The smallest absolute Gasteiger partial charge is 0.224 e. The molecule has 1 fully saturated rings. The van der Waals surface area contributed by atoms with Crippen LogP contribution in [0.3, 0.4) is 0 Å². The Morgan fingerprint density at radius 3 is 2.68 bits per heavy atom. The zero-order chi connectivity index (χ0) is 13.8. The van der Waals surface area contributed by atoms with Gasteiger partial charge in [0.2, 0.25) is 5.91 Å². The number of anilines is 2. The highest BCUT2D eigenvalue weighted by Gasteiger charge is 2.17. The summed E-state index contributed by atoms with van der Waals surface area (Å²) in [6.07, 6.45) is 2.95. The number of carbonyl (C=O) groups excluding carboxylic acids is 1. The minimum Gasteiger partial charge on any atom is -0.398 e. The zero-order valence-electron chi connectivity index (χ0n) is 11.7. The van der Waals surface area contributed by atoms with E-state index in [1.54, 1.807) is 0 Å². The van der Waals surface area contributed by atoms with Gasteiger partial charge >= 0.3 is 0 Å². The van der Waals surface area contributed by atoms with Gasteiger partial charge in [0.25, 0.3) is 0 Å². The van der Waals surface area contributed by atoms with E-state index in [2.05, 4.69) is 5.32 Å². The summed E-state index contributed by atoms with van der Waals surface area (Å²) in [4.78, 5) is 12.1. The molecule has 104 valence electrons. The molecule has 1 saturated heterocycles. The summed E-state index contributed by atoms with van der Waals surface area (Å²) in [5.74, 6) is 3.04. The Morgan fingerprint density at radius 2 is 2.00 bits per heavy atom. The molecule has 1 aliphatic heterocycles. The molecule has 0 spiro atoms. The molecule has 0 unspecified atom stereocenters. The van der Waals surface area contributed by atoms with Gasteiger partial charge in [-0.2, -0.15) is 11.8 Å². The van der Waals surface area contributed by atoms with Crippen LogP contribution in [0.1, 0.15) is 30.4 Å². The molecule has 2 rings (SSSR count). The van der Waals surface area contributed by atoms with E-state index < -0.39 is 0 Å². The average Bonchev–Trinajstić information content (AvgIpc) is 2.37. The van der Waals surface area contributed by atoms with Crippen LogP contribution >= 0.6 is 11.8 Å². The standard InChI is InChI=1S/C15H22N2OS/c1-10-7-11(2)14(9-13(10)16)17-15(18)8-12-3-5-19-6-4-12/h7,9,12H,3-6,8,16H2,1-2H3,(H,17,18). The molecule has 0 atom stereocenters. The van der Waals surface area contributed by atoms with Crippen LogP contribution in [0.25, 0.3) is 0 Å². The summed E-state index contributed by atoms with van der Waals surface area (Å²) in [7, 11) is 0. The lowest BCUT2D eigenvalue weighted by molar-refractivity contribution is -0.117. The molecule has 1 amide bonds. The Morgan fingerprint density at radius 1 is 1.32 bits per heavy atom. The quantitative estimate of drug-likeness (QED) is 0.834. The number of nitrogens with two attached hydrogens (primary N) is 1. The molecule has 3 N–H and O–H groups in total. The molecule has 0 saturated carbocycles. The largest absolute Gasteiger partial charge is 0.398 e. The molecule has 0 radical (unpaired) electrons. The topological polar surface area (TPSA) is 55.1 Å². The first-order valence-electron chi connectivity index (χ1n) is 6.80. The van der Waals surface area contributed by atoms with E-state index in [0.717, 1.165) is 35.3 Å². The number of hydrogen-bond acceptors (Lipinski definition) is 3. The summed E-state index contributed by atoms with van der Waals surface area (Å²) >= 11 is 1.99. The van der Waals surface area contributed by atoms with Crippen molar-refractivity contribution in [2.45, 2.75) is 33.1 Å². The fraction of sp³-hybridized carbons (Fsp3) is 0.533. The summed E-state index contributed by atoms with van der Waals surface area (Å²) in [5.41, 5.74) is 9.60. The van der Waals surface area contributed by atoms with Crippen LogP contribution in [0, 0.1) is 19.8 Å². The second kappa shape index (κ2) is 6.33. The Kier molecular flexibility index (Phi) is 4.75. The summed E-state index contributed by atoms with van der Waals surface area (Å²) in [6, 6.07) is 3.88. The van der Waals surface area contributed by atoms with E-state index in [1.165, 1.54) is 11.5 Å². The average molecular weight is 278 g/mol. The van der Waals surface area contributed by atoms with Crippen molar-refractivity contribution >= 4 is 29.0 Å². The Bertz CT molecular complexity index is 467. The maximum atomic E-state index is 12.1. The lowest BCUT2D eigenvalue weighted by Gasteiger charge is -2.21. The van der Waals surface area contributed by atoms with Gasteiger partial charge in [0.1, 0.15) is 0 Å². The Hall–Kier alpha value is -1.16. The van der Waals surface area contributed by atoms with Gasteiger partial charge in [-0.15, -0.1) is 0 Å². The number of benzene rings is 1. The lowest BCUT2D eigenvalue weighted by Crippen LogP contribution is -2.20. The molecule has 1 aromatic rings. The third kappa shape index (κ3) is 3.90. The van der Waals surface area contributed by atoms with Crippen molar-refractivity contribution in [3.8, 4) is 0 Å². The normalized spacial score (nSPS) is 16.3. The van der Waals surface area contributed by atoms with E-state index in [-0.39, 0.29) is 5.91 Å². The minimum absolute atomic E-state index is 0.114. The van der Waals surface area contributed by atoms with Crippen LogP contribution in [-0.2, 0) is 4.79 Å². The van der Waals surface area contributed by atoms with E-state index in [4.69, 9.17) is 5.73 Å². The summed E-state index contributed by atoms with van der Waals surface area (Å²) < 4.78 is 0. The van der Waals surface area contributed by atoms with Crippen molar-refractivity contribution in [1.29, 1.82) is 0 Å². The number of carbonyl (C=O) groups is 1. The first-order chi connectivity index (χ1) is 9.06. The summed E-state index contributed by atoms with van der Waals surface area (Å²) in [6.45, 7) is 3.98. The van der Waals surface area contributed by atoms with Crippen molar-refractivity contribution in [2.75, 3.05) is 22.6 Å². The number of hydrogen-bond donors (Lipinski definition) is 2. The van der Waals surface area contributed by atoms with Crippen LogP contribution in [0.4, 0.5) is 11.4 Å². The van der Waals surface area contributed by atoms with Crippen molar-refractivity contribution in [3.63, 3.8) is 0 Å². The van der Waals surface area contributed by atoms with Crippen LogP contribution < -0.4 is 11.1 Å². The van der Waals surface area contributed by atoms with Crippen molar-refractivity contribution in [2.24, 2.45) is 5.92 Å². The maximum absolute atomic E-state index is 12.1. The highest BCUT2D eigenvalue weighted by Crippen LogP contribution is 2.27. The van der Waals surface area contributed by atoms with E-state index >= 15 is 0 Å². The van der Waals surface area contributed by atoms with Crippen molar-refractivity contribution in [1.82, 2.24) is 0 Å². The van der Waals surface area contributed by atoms with Gasteiger partial charge in [0.05, 0.1) is 0 Å². The molecule has 3 nitrogen and oxygen atoms in total. The van der Waals surface area contributed by atoms with Crippen LogP contribution in [0.2, 0.25) is 0 Å². The SMILES string of the molecule is Cc1cc(C)c(NC(=O)CC2CCSCC2)cc1N. The molecule has 4 heteroatoms. The molecule has 0 aromatic heterocycles. The zero-order valence-corrected chi connectivity index (χ0v) is 12.5. The molecular weight excluding hydrogens is 256 g/mol. The fourth-order valence-electron chi connectivity index (χ4n) is 2.42. The van der Waals surface area contributed by atoms with Gasteiger partial charge in [-0.25, -0.2) is 0 Å². The lowest BCUT2D eigenvalue weighted by atomic mass is 9.98. The number of amides is 1. The molecule has 0 bridgehead atoms. The predicted octanol–water partition coefficient (Wildman–Crippen LogP) is 3.36. The molecule has 1 heterocycles. The molecular formula is C15H22N2OS. The molecule has 1 aromatic carbocycles. The summed E-state index contributed by atoms with van der Waals surface area (Å²) in [5, 5.41) is 3.00. The van der Waals surface area contributed by atoms with E-state index in [0.29, 0.717) is 12.3 Å². The number of thioether (sulfide) groups is 1. The van der Waals surface area contributed by atoms with Crippen LogP contribution in [0.15, 0.2) is 12.1 Å². The fourth-order valence-corrected chi connectivity index (χ4v) is 3.62. The Labute approximate surface area is 119 Å². The molecule has 19 heavy (non-hydrogen) atoms. The first kappa shape index (κ1) is 14.3. The third-order valence-electron chi connectivity index (χ3n) is 3.70. The second-order valence-corrected chi connectivity index (χ2v) is 6.56. The number of nitrogen functional groups attached to an aromatic ring is 1. The minimum atomic E-state index is 0.114. The highest BCUT2D eigenvalue weighted by molar-refractivity contribution is 7.99. The van der Waals surface area contributed by atoms with Crippen molar-refractivity contribution in [3.05, 3.63) is 23.3 Å². The van der Waals surface area contributed by atoms with Crippen molar-refractivity contribution < 1.29 is 4.79 Å². The van der Waals surface area contributed by atoms with E-state index in [9.17, 15) is 4.79 Å². The molecule has 0 aliphatic carbocycles. The predicted molar refractivity (Wildman–Crippen MR) is 83.6 cm³/mol. The highest BCUT2D eigenvalue weighted by atomic mass is 32.2. The van der Waals surface area contributed by atoms with Crippen LogP contribution in [0.5, 0.6) is 0 Å². The molecule has 1 aliphatic rings. The maximum Gasteiger partial charge on any atom is 0.224 e. The van der Waals surface area contributed by atoms with Gasteiger partial charge in [-0.1, -0.05) is 6.07 Å². The second-order valence-electron chi connectivity index (χ2n) is 5.33. The van der Waals surface area contributed by atoms with E-state index in [1.807, 2.05) is 37.7 Å². The number of rotatable bonds is 3. The van der Waals surface area contributed by atoms with Gasteiger partial charge in [-0.05, 0) is 61.3 Å².